The van der Waals surface area contributed by atoms with Crippen molar-refractivity contribution in [2.75, 3.05) is 57.7 Å². The minimum Gasteiger partial charge on any atom is -0.493 e. The topological polar surface area (TPSA) is 96.1 Å². The number of piperazine rings is 1. The van der Waals surface area contributed by atoms with Crippen LogP contribution in [0.4, 0.5) is 11.4 Å². The van der Waals surface area contributed by atoms with Crippen molar-refractivity contribution >= 4 is 28.2 Å². The largest absolute Gasteiger partial charge is 0.493 e. The highest BCUT2D eigenvalue weighted by Gasteiger charge is 2.19. The number of nitrogens with one attached hydrogen (secondary N) is 2. The van der Waals surface area contributed by atoms with Crippen molar-refractivity contribution in [1.82, 2.24) is 9.88 Å². The molecule has 0 spiro atoms. The van der Waals surface area contributed by atoms with Crippen molar-refractivity contribution in [3.8, 4) is 17.2 Å². The number of benzene rings is 2. The summed E-state index contributed by atoms with van der Waals surface area (Å²) in [6.45, 7) is 5.06. The zero-order chi connectivity index (χ0) is 24.2. The number of methoxy groups -OCH3 is 3. The zero-order valence-corrected chi connectivity index (χ0v) is 19.9. The fraction of sp³-hybridized carbons (Fsp3) is 0.360. The lowest BCUT2D eigenvalue weighted by molar-refractivity contribution is -0.129. The van der Waals surface area contributed by atoms with Crippen LogP contribution in [0.1, 0.15) is 12.5 Å². The fourth-order valence-corrected chi connectivity index (χ4v) is 4.27. The average Bonchev–Trinajstić information content (AvgIpc) is 2.86. The summed E-state index contributed by atoms with van der Waals surface area (Å²) < 4.78 is 16.4. The summed E-state index contributed by atoms with van der Waals surface area (Å²) in [6.07, 6.45) is 0. The highest BCUT2D eigenvalue weighted by atomic mass is 16.5. The minimum absolute atomic E-state index is 0.123. The maximum absolute atomic E-state index is 12.7. The first-order valence-corrected chi connectivity index (χ1v) is 11.1. The Bertz CT molecular complexity index is 1230. The van der Waals surface area contributed by atoms with Gasteiger partial charge < -0.3 is 34.3 Å². The molecule has 9 heteroatoms. The molecule has 0 radical (unpaired) electrons. The second-order valence-electron chi connectivity index (χ2n) is 8.12. The number of aromatic amines is 1. The number of amides is 1. The van der Waals surface area contributed by atoms with Crippen LogP contribution in [-0.2, 0) is 11.3 Å². The minimum atomic E-state index is -0.186. The third-order valence-electron chi connectivity index (χ3n) is 6.17. The predicted molar refractivity (Wildman–Crippen MR) is 132 cm³/mol. The van der Waals surface area contributed by atoms with Crippen LogP contribution in [0, 0.1) is 0 Å². The fourth-order valence-electron chi connectivity index (χ4n) is 4.27. The predicted octanol–water partition coefficient (Wildman–Crippen LogP) is 2.83. The van der Waals surface area contributed by atoms with Gasteiger partial charge in [-0.2, -0.15) is 0 Å². The second kappa shape index (κ2) is 9.94. The quantitative estimate of drug-likeness (QED) is 0.553. The lowest BCUT2D eigenvalue weighted by atomic mass is 10.1. The summed E-state index contributed by atoms with van der Waals surface area (Å²) in [7, 11) is 4.64. The summed E-state index contributed by atoms with van der Waals surface area (Å²) >= 11 is 0. The number of pyridine rings is 1. The number of hydrogen-bond acceptors (Lipinski definition) is 7. The second-order valence-corrected chi connectivity index (χ2v) is 8.12. The van der Waals surface area contributed by atoms with Crippen molar-refractivity contribution in [3.63, 3.8) is 0 Å². The Hall–Kier alpha value is -3.88. The standard InChI is InChI=1S/C25H30N4O5/c1-16(30)28-9-11-29(12-10-28)19-7-5-18(6-8-19)26-15-17-13-20-21(27-25(17)31)14-22(32-2)24(34-4)23(20)33-3/h5-8,13-14,26H,9-12,15H2,1-4H3,(H,27,31). The highest BCUT2D eigenvalue weighted by molar-refractivity contribution is 5.90. The average molecular weight is 467 g/mol. The lowest BCUT2D eigenvalue weighted by Gasteiger charge is -2.35. The van der Waals surface area contributed by atoms with Crippen molar-refractivity contribution < 1.29 is 19.0 Å². The van der Waals surface area contributed by atoms with Crippen LogP contribution in [0.5, 0.6) is 17.2 Å². The monoisotopic (exact) mass is 466 g/mol. The van der Waals surface area contributed by atoms with Gasteiger partial charge in [0.1, 0.15) is 0 Å². The summed E-state index contributed by atoms with van der Waals surface area (Å²) in [5.74, 6) is 1.58. The van der Waals surface area contributed by atoms with Crippen LogP contribution >= 0.6 is 0 Å². The van der Waals surface area contributed by atoms with E-state index in [4.69, 9.17) is 14.2 Å². The molecule has 1 aliphatic heterocycles. The van der Waals surface area contributed by atoms with Gasteiger partial charge in [-0.25, -0.2) is 0 Å². The Morgan fingerprint density at radius 1 is 0.971 bits per heavy atom. The third-order valence-corrected chi connectivity index (χ3v) is 6.17. The molecular formula is C25H30N4O5. The normalized spacial score (nSPS) is 13.6. The summed E-state index contributed by atoms with van der Waals surface area (Å²) in [4.78, 5) is 31.3. The number of carbonyl (C=O) groups is 1. The molecule has 3 aromatic rings. The van der Waals surface area contributed by atoms with E-state index in [1.807, 2.05) is 23.1 Å². The van der Waals surface area contributed by atoms with Crippen molar-refractivity contribution in [2.24, 2.45) is 0 Å². The van der Waals surface area contributed by atoms with Gasteiger partial charge in [0.15, 0.2) is 11.5 Å². The number of nitrogens with zero attached hydrogens (tertiary/aromatic N) is 2. The number of H-pyrrole nitrogens is 1. The van der Waals surface area contributed by atoms with Gasteiger partial charge in [-0.3, -0.25) is 9.59 Å². The molecule has 0 aliphatic carbocycles. The van der Waals surface area contributed by atoms with Crippen molar-refractivity contribution in [3.05, 3.63) is 52.3 Å². The van der Waals surface area contributed by atoms with E-state index in [9.17, 15) is 9.59 Å². The molecule has 1 amide bonds. The van der Waals surface area contributed by atoms with Gasteiger partial charge in [0.05, 0.1) is 26.8 Å². The number of ether oxygens (including phenoxy) is 3. The molecule has 2 N–H and O–H groups in total. The summed E-state index contributed by atoms with van der Waals surface area (Å²) in [5.41, 5.74) is 3.02. The molecule has 0 unspecified atom stereocenters. The summed E-state index contributed by atoms with van der Waals surface area (Å²) in [6, 6.07) is 11.6. The molecule has 34 heavy (non-hydrogen) atoms. The van der Waals surface area contributed by atoms with Crippen molar-refractivity contribution in [2.45, 2.75) is 13.5 Å². The molecule has 1 fully saturated rings. The van der Waals surface area contributed by atoms with Crippen LogP contribution in [-0.4, -0.2) is 63.3 Å². The first kappa shape index (κ1) is 23.3. The number of aromatic nitrogens is 1. The molecule has 1 aromatic heterocycles. The van der Waals surface area contributed by atoms with Gasteiger partial charge in [-0.15, -0.1) is 0 Å². The van der Waals surface area contributed by atoms with E-state index in [1.54, 1.807) is 27.2 Å². The first-order chi connectivity index (χ1) is 16.4. The molecule has 0 bridgehead atoms. The molecule has 9 nitrogen and oxygen atoms in total. The molecule has 2 heterocycles. The molecular weight excluding hydrogens is 436 g/mol. The maximum atomic E-state index is 12.7. The van der Waals surface area contributed by atoms with Gasteiger partial charge in [0, 0.05) is 68.0 Å². The van der Waals surface area contributed by atoms with Crippen LogP contribution in [0.25, 0.3) is 10.9 Å². The highest BCUT2D eigenvalue weighted by Crippen LogP contribution is 2.42. The molecule has 1 saturated heterocycles. The van der Waals surface area contributed by atoms with Crippen molar-refractivity contribution in [1.29, 1.82) is 0 Å². The Morgan fingerprint density at radius 2 is 1.65 bits per heavy atom. The first-order valence-electron chi connectivity index (χ1n) is 11.1. The van der Waals surface area contributed by atoms with E-state index in [0.717, 1.165) is 42.9 Å². The van der Waals surface area contributed by atoms with Crippen LogP contribution in [0.3, 0.4) is 0 Å². The Balaban J connectivity index is 1.49. The summed E-state index contributed by atoms with van der Waals surface area (Å²) in [5, 5.41) is 4.05. The Kier molecular flexibility index (Phi) is 6.81. The molecule has 180 valence electrons. The molecule has 4 rings (SSSR count). The van der Waals surface area contributed by atoms with Gasteiger partial charge >= 0.3 is 0 Å². The van der Waals surface area contributed by atoms with E-state index in [2.05, 4.69) is 27.3 Å². The molecule has 0 saturated carbocycles. The van der Waals surface area contributed by atoms with Crippen LogP contribution < -0.4 is 30.0 Å². The molecule has 2 aromatic carbocycles. The SMILES string of the molecule is COc1cc2[nH]c(=O)c(CNc3ccc(N4CCN(C(C)=O)CC4)cc3)cc2c(OC)c1OC. The third kappa shape index (κ3) is 4.59. The van der Waals surface area contributed by atoms with E-state index < -0.39 is 0 Å². The Morgan fingerprint density at radius 3 is 2.24 bits per heavy atom. The van der Waals surface area contributed by atoms with Crippen LogP contribution in [0.15, 0.2) is 41.2 Å². The van der Waals surface area contributed by atoms with Crippen LogP contribution in [0.2, 0.25) is 0 Å². The number of carbonyl (C=O) groups excluding carboxylic acids is 1. The smallest absolute Gasteiger partial charge is 0.253 e. The number of hydrogen-bond donors (Lipinski definition) is 2. The van der Waals surface area contributed by atoms with Gasteiger partial charge in [0.25, 0.3) is 5.56 Å². The number of rotatable bonds is 7. The van der Waals surface area contributed by atoms with E-state index in [0.29, 0.717) is 34.9 Å². The van der Waals surface area contributed by atoms with E-state index in [-0.39, 0.29) is 11.5 Å². The molecule has 0 atom stereocenters. The lowest BCUT2D eigenvalue weighted by Crippen LogP contribution is -2.48. The molecule has 1 aliphatic rings. The van der Waals surface area contributed by atoms with Gasteiger partial charge in [-0.05, 0) is 30.3 Å². The van der Waals surface area contributed by atoms with Gasteiger partial charge in [-0.1, -0.05) is 0 Å². The zero-order valence-electron chi connectivity index (χ0n) is 19.9. The number of anilines is 2. The van der Waals surface area contributed by atoms with Gasteiger partial charge in [0.2, 0.25) is 11.7 Å². The van der Waals surface area contributed by atoms with E-state index >= 15 is 0 Å². The Labute approximate surface area is 198 Å². The van der Waals surface area contributed by atoms with E-state index in [1.165, 1.54) is 7.11 Å². The maximum Gasteiger partial charge on any atom is 0.253 e. The number of fused-ring (bicyclic) bond motifs is 1.